The molecule has 0 heterocycles. The first-order valence-corrected chi connectivity index (χ1v) is 13.0. The standard InChI is InChI=1S/C37H24/c1-2-8-24(9-3-1)25-10-4-11-26(20-25)27-12-5-13-28(21-27)29-18-19-32-33-16-6-14-30-22-31-15-7-17-34(35(32)23-29)37(31)36(30)33/h1-21,23H,22H2. The van der Waals surface area contributed by atoms with Crippen LogP contribution >= 0.6 is 0 Å². The number of hydrogen-bond acceptors (Lipinski definition) is 0. The normalized spacial score (nSPS) is 12.2. The molecule has 0 saturated carbocycles. The van der Waals surface area contributed by atoms with E-state index in [0.29, 0.717) is 0 Å². The van der Waals surface area contributed by atoms with Crippen molar-refractivity contribution in [1.29, 1.82) is 0 Å². The van der Waals surface area contributed by atoms with Gasteiger partial charge in [0.1, 0.15) is 0 Å². The largest absolute Gasteiger partial charge is 0.0622 e. The van der Waals surface area contributed by atoms with Crippen LogP contribution in [0.4, 0.5) is 0 Å². The van der Waals surface area contributed by atoms with Crippen LogP contribution in [0.15, 0.2) is 133 Å². The fraction of sp³-hybridized carbons (Fsp3) is 0.0270. The Morgan fingerprint density at radius 3 is 1.41 bits per heavy atom. The van der Waals surface area contributed by atoms with Gasteiger partial charge in [-0.25, -0.2) is 0 Å². The average Bonchev–Trinajstić information content (AvgIpc) is 3.37. The summed E-state index contributed by atoms with van der Waals surface area (Å²) in [5.74, 6) is 0. The highest BCUT2D eigenvalue weighted by atomic mass is 14.2. The van der Waals surface area contributed by atoms with Gasteiger partial charge in [0.15, 0.2) is 0 Å². The van der Waals surface area contributed by atoms with Gasteiger partial charge in [-0.05, 0) is 101 Å². The Morgan fingerprint density at radius 1 is 0.297 bits per heavy atom. The fourth-order valence-corrected chi connectivity index (χ4v) is 6.31. The lowest BCUT2D eigenvalue weighted by atomic mass is 9.91. The van der Waals surface area contributed by atoms with Crippen molar-refractivity contribution in [3.8, 4) is 33.4 Å². The smallest absolute Gasteiger partial charge is 0.00130 e. The Balaban J connectivity index is 1.29. The first kappa shape index (κ1) is 20.5. The SMILES string of the molecule is c1ccc(-c2cccc(-c3cccc(-c4ccc5c(c4)c4cccc6c4c4c(cccc54)C6)c3)c2)cc1. The Bertz CT molecular complexity index is 1990. The predicted octanol–water partition coefficient (Wildman–Crippen LogP) is 10.1. The average molecular weight is 469 g/mol. The van der Waals surface area contributed by atoms with E-state index >= 15 is 0 Å². The van der Waals surface area contributed by atoms with Crippen molar-refractivity contribution in [3.05, 3.63) is 145 Å². The van der Waals surface area contributed by atoms with E-state index in [1.807, 2.05) is 0 Å². The second-order valence-electron chi connectivity index (χ2n) is 10.1. The summed E-state index contributed by atoms with van der Waals surface area (Å²) >= 11 is 0. The Hall–Kier alpha value is -4.68. The Kier molecular flexibility index (Phi) is 4.39. The highest BCUT2D eigenvalue weighted by molar-refractivity contribution is 6.28. The summed E-state index contributed by atoms with van der Waals surface area (Å²) in [6.07, 6.45) is 1.04. The van der Waals surface area contributed by atoms with Crippen molar-refractivity contribution >= 4 is 32.3 Å². The van der Waals surface area contributed by atoms with Crippen molar-refractivity contribution < 1.29 is 0 Å². The molecule has 172 valence electrons. The van der Waals surface area contributed by atoms with Crippen LogP contribution in [0.2, 0.25) is 0 Å². The van der Waals surface area contributed by atoms with Gasteiger partial charge in [0.2, 0.25) is 0 Å². The minimum atomic E-state index is 1.04. The van der Waals surface area contributed by atoms with Crippen LogP contribution in [0.1, 0.15) is 11.1 Å². The molecule has 0 saturated heterocycles. The number of hydrogen-bond donors (Lipinski definition) is 0. The Morgan fingerprint density at radius 2 is 0.784 bits per heavy atom. The highest BCUT2D eigenvalue weighted by Gasteiger charge is 2.20. The molecule has 7 aromatic carbocycles. The van der Waals surface area contributed by atoms with Gasteiger partial charge in [-0.1, -0.05) is 115 Å². The lowest BCUT2D eigenvalue weighted by molar-refractivity contribution is 1.27. The minimum Gasteiger partial charge on any atom is -0.0622 e. The van der Waals surface area contributed by atoms with Crippen LogP contribution in [0.5, 0.6) is 0 Å². The molecule has 8 rings (SSSR count). The lowest BCUT2D eigenvalue weighted by Gasteiger charge is -2.12. The fourth-order valence-electron chi connectivity index (χ4n) is 6.31. The van der Waals surface area contributed by atoms with E-state index in [9.17, 15) is 0 Å². The third-order valence-corrected chi connectivity index (χ3v) is 8.03. The summed E-state index contributed by atoms with van der Waals surface area (Å²) in [5, 5.41) is 8.34. The third kappa shape index (κ3) is 3.16. The second kappa shape index (κ2) is 7.91. The van der Waals surface area contributed by atoms with Crippen molar-refractivity contribution in [2.75, 3.05) is 0 Å². The molecule has 37 heavy (non-hydrogen) atoms. The second-order valence-corrected chi connectivity index (χ2v) is 10.1. The molecule has 0 atom stereocenters. The lowest BCUT2D eigenvalue weighted by Crippen LogP contribution is -1.86. The van der Waals surface area contributed by atoms with Gasteiger partial charge >= 0.3 is 0 Å². The highest BCUT2D eigenvalue weighted by Crippen LogP contribution is 2.44. The molecule has 0 aliphatic heterocycles. The van der Waals surface area contributed by atoms with Gasteiger partial charge in [0.05, 0.1) is 0 Å². The molecular formula is C37H24. The molecule has 0 bridgehead atoms. The topological polar surface area (TPSA) is 0 Å². The van der Waals surface area contributed by atoms with Crippen LogP contribution in [0, 0.1) is 0 Å². The van der Waals surface area contributed by atoms with E-state index < -0.39 is 0 Å². The molecule has 0 radical (unpaired) electrons. The van der Waals surface area contributed by atoms with Crippen LogP contribution < -0.4 is 0 Å². The molecular weight excluding hydrogens is 444 g/mol. The minimum absolute atomic E-state index is 1.04. The summed E-state index contributed by atoms with van der Waals surface area (Å²) in [7, 11) is 0. The summed E-state index contributed by atoms with van der Waals surface area (Å²) in [6.45, 7) is 0. The monoisotopic (exact) mass is 468 g/mol. The van der Waals surface area contributed by atoms with Gasteiger partial charge in [-0.2, -0.15) is 0 Å². The van der Waals surface area contributed by atoms with E-state index in [0.717, 1.165) is 6.42 Å². The molecule has 1 aliphatic rings. The molecule has 0 amide bonds. The molecule has 0 unspecified atom stereocenters. The van der Waals surface area contributed by atoms with Gasteiger partial charge in [-0.3, -0.25) is 0 Å². The zero-order valence-corrected chi connectivity index (χ0v) is 20.4. The van der Waals surface area contributed by atoms with Crippen molar-refractivity contribution in [2.24, 2.45) is 0 Å². The summed E-state index contributed by atoms with van der Waals surface area (Å²) in [5.41, 5.74) is 10.4. The van der Waals surface area contributed by atoms with Gasteiger partial charge in [-0.15, -0.1) is 0 Å². The van der Waals surface area contributed by atoms with Crippen LogP contribution in [-0.4, -0.2) is 0 Å². The van der Waals surface area contributed by atoms with E-state index in [1.54, 1.807) is 0 Å². The molecule has 0 heteroatoms. The van der Waals surface area contributed by atoms with Crippen LogP contribution in [-0.2, 0) is 6.42 Å². The molecule has 0 N–H and O–H groups in total. The molecule has 0 aromatic heterocycles. The molecule has 0 fully saturated rings. The van der Waals surface area contributed by atoms with Crippen molar-refractivity contribution in [2.45, 2.75) is 6.42 Å². The molecule has 7 aromatic rings. The maximum Gasteiger partial charge on any atom is -0.00130 e. The molecule has 0 nitrogen and oxygen atoms in total. The Labute approximate surface area is 216 Å². The van der Waals surface area contributed by atoms with Crippen molar-refractivity contribution in [3.63, 3.8) is 0 Å². The first-order chi connectivity index (χ1) is 18.3. The van der Waals surface area contributed by atoms with E-state index in [1.165, 1.54) is 76.8 Å². The van der Waals surface area contributed by atoms with Gasteiger partial charge < -0.3 is 0 Å². The van der Waals surface area contributed by atoms with Crippen molar-refractivity contribution in [1.82, 2.24) is 0 Å². The van der Waals surface area contributed by atoms with Crippen LogP contribution in [0.3, 0.4) is 0 Å². The van der Waals surface area contributed by atoms with Gasteiger partial charge in [0.25, 0.3) is 0 Å². The number of benzene rings is 7. The van der Waals surface area contributed by atoms with E-state index in [2.05, 4.69) is 133 Å². The maximum atomic E-state index is 2.40. The third-order valence-electron chi connectivity index (χ3n) is 8.03. The number of rotatable bonds is 3. The molecule has 0 spiro atoms. The summed E-state index contributed by atoms with van der Waals surface area (Å²) < 4.78 is 0. The zero-order chi connectivity index (χ0) is 24.3. The first-order valence-electron chi connectivity index (χ1n) is 13.0. The van der Waals surface area contributed by atoms with E-state index in [-0.39, 0.29) is 0 Å². The predicted molar refractivity (Wildman–Crippen MR) is 158 cm³/mol. The summed E-state index contributed by atoms with van der Waals surface area (Å²) in [4.78, 5) is 0. The summed E-state index contributed by atoms with van der Waals surface area (Å²) in [6, 6.07) is 49.1. The van der Waals surface area contributed by atoms with Gasteiger partial charge in [0, 0.05) is 0 Å². The number of fused-ring (bicyclic) bond motifs is 3. The zero-order valence-electron chi connectivity index (χ0n) is 20.4. The quantitative estimate of drug-likeness (QED) is 0.226. The van der Waals surface area contributed by atoms with E-state index in [4.69, 9.17) is 0 Å². The maximum absolute atomic E-state index is 2.40. The molecule has 1 aliphatic carbocycles. The van der Waals surface area contributed by atoms with Crippen LogP contribution in [0.25, 0.3) is 65.7 Å².